The number of nitrogens with zero attached hydrogens (tertiary/aromatic N) is 3. The Morgan fingerprint density at radius 3 is 2.12 bits per heavy atom. The van der Waals surface area contributed by atoms with Gasteiger partial charge in [-0.05, 0) is 35.7 Å². The Bertz CT molecular complexity index is 1360. The molecule has 1 aromatic heterocycles. The summed E-state index contributed by atoms with van der Waals surface area (Å²) >= 11 is 0. The highest BCUT2D eigenvalue weighted by atomic mass is 32.2. The van der Waals surface area contributed by atoms with Crippen LogP contribution in [0.3, 0.4) is 0 Å². The molecule has 2 heterocycles. The van der Waals surface area contributed by atoms with Crippen LogP contribution in [0.25, 0.3) is 21.7 Å². The topological polar surface area (TPSA) is 62.7 Å². The number of para-hydroxylation sites is 1. The quantitative estimate of drug-likeness (QED) is 0.434. The summed E-state index contributed by atoms with van der Waals surface area (Å²) in [6, 6.07) is 23.1. The molecule has 6 nitrogen and oxygen atoms in total. The van der Waals surface area contributed by atoms with Gasteiger partial charge in [-0.1, -0.05) is 42.5 Å². The highest BCUT2D eigenvalue weighted by Crippen LogP contribution is 2.27. The molecule has 0 N–H and O–H groups in total. The van der Waals surface area contributed by atoms with E-state index in [4.69, 9.17) is 9.72 Å². The van der Waals surface area contributed by atoms with E-state index in [1.54, 1.807) is 35.7 Å². The molecule has 32 heavy (non-hydrogen) atoms. The first kappa shape index (κ1) is 20.9. The van der Waals surface area contributed by atoms with Crippen LogP contribution in [0.5, 0.6) is 5.75 Å². The third-order valence-electron chi connectivity index (χ3n) is 6.09. The second-order valence-electron chi connectivity index (χ2n) is 7.98. The Labute approximate surface area is 188 Å². The van der Waals surface area contributed by atoms with Crippen molar-refractivity contribution < 1.29 is 13.2 Å². The Morgan fingerprint density at radius 1 is 0.812 bits per heavy atom. The highest BCUT2D eigenvalue weighted by molar-refractivity contribution is 7.89. The molecule has 7 heteroatoms. The number of ether oxygens (including phenoxy) is 1. The van der Waals surface area contributed by atoms with Crippen molar-refractivity contribution in [1.82, 2.24) is 14.2 Å². The molecule has 0 amide bonds. The molecule has 1 aliphatic heterocycles. The average molecular weight is 448 g/mol. The van der Waals surface area contributed by atoms with Gasteiger partial charge in [0.15, 0.2) is 0 Å². The van der Waals surface area contributed by atoms with E-state index in [-0.39, 0.29) is 0 Å². The molecule has 0 saturated carbocycles. The minimum Gasteiger partial charge on any atom is -0.497 e. The van der Waals surface area contributed by atoms with E-state index < -0.39 is 10.0 Å². The molecule has 1 fully saturated rings. The molecule has 0 unspecified atom stereocenters. The van der Waals surface area contributed by atoms with Gasteiger partial charge < -0.3 is 4.74 Å². The van der Waals surface area contributed by atoms with Crippen molar-refractivity contribution in [3.63, 3.8) is 0 Å². The van der Waals surface area contributed by atoms with Gasteiger partial charge in [-0.15, -0.1) is 0 Å². The van der Waals surface area contributed by atoms with Crippen LogP contribution in [0.15, 0.2) is 77.7 Å². The number of fused-ring (bicyclic) bond motifs is 3. The van der Waals surface area contributed by atoms with Crippen LogP contribution in [0, 0.1) is 0 Å². The standard InChI is InChI=1S/C25H25N3O3S/c1-31-19-10-12-20(13-11-19)32(29,30)28-16-14-27(15-17-28)18-25-23-8-3-2-6-21(23)22-7-4-5-9-24(22)26-25/h2-13H,14-18H2,1H3. The fourth-order valence-electron chi connectivity index (χ4n) is 4.33. The molecule has 0 bridgehead atoms. The summed E-state index contributed by atoms with van der Waals surface area (Å²) in [6.07, 6.45) is 0. The predicted octanol–water partition coefficient (Wildman–Crippen LogP) is 3.90. The molecule has 164 valence electrons. The van der Waals surface area contributed by atoms with E-state index in [9.17, 15) is 8.42 Å². The van der Waals surface area contributed by atoms with Crippen molar-refractivity contribution in [3.8, 4) is 5.75 Å². The van der Waals surface area contributed by atoms with Crippen LogP contribution in [0.2, 0.25) is 0 Å². The van der Waals surface area contributed by atoms with Crippen molar-refractivity contribution in [2.45, 2.75) is 11.4 Å². The third kappa shape index (κ3) is 3.83. The van der Waals surface area contributed by atoms with E-state index in [0.717, 1.165) is 22.0 Å². The fraction of sp³-hybridized carbons (Fsp3) is 0.240. The summed E-state index contributed by atoms with van der Waals surface area (Å²) in [5, 5.41) is 3.51. The number of piperazine rings is 1. The van der Waals surface area contributed by atoms with Gasteiger partial charge in [0.25, 0.3) is 0 Å². The Kier molecular flexibility index (Phi) is 5.55. The van der Waals surface area contributed by atoms with Crippen LogP contribution >= 0.6 is 0 Å². The predicted molar refractivity (Wildman–Crippen MR) is 126 cm³/mol. The van der Waals surface area contributed by atoms with E-state index >= 15 is 0 Å². The summed E-state index contributed by atoms with van der Waals surface area (Å²) in [5.41, 5.74) is 2.02. The molecular formula is C25H25N3O3S. The normalized spacial score (nSPS) is 15.9. The van der Waals surface area contributed by atoms with Crippen LogP contribution in [-0.2, 0) is 16.6 Å². The van der Waals surface area contributed by atoms with E-state index in [2.05, 4.69) is 29.2 Å². The van der Waals surface area contributed by atoms with Crippen molar-refractivity contribution in [1.29, 1.82) is 0 Å². The minimum atomic E-state index is -3.51. The number of pyridine rings is 1. The average Bonchev–Trinajstić information content (AvgIpc) is 2.84. The lowest BCUT2D eigenvalue weighted by Crippen LogP contribution is -2.48. The molecule has 5 rings (SSSR count). The van der Waals surface area contributed by atoms with Gasteiger partial charge >= 0.3 is 0 Å². The van der Waals surface area contributed by atoms with Gasteiger partial charge in [-0.3, -0.25) is 9.88 Å². The first-order valence-electron chi connectivity index (χ1n) is 10.7. The number of aromatic nitrogens is 1. The van der Waals surface area contributed by atoms with Crippen LogP contribution in [-0.4, -0.2) is 55.9 Å². The SMILES string of the molecule is COc1ccc(S(=O)(=O)N2CCN(Cc3nc4ccccc4c4ccccc34)CC2)cc1. The van der Waals surface area contributed by atoms with Gasteiger partial charge in [-0.2, -0.15) is 4.31 Å². The maximum absolute atomic E-state index is 13.0. The van der Waals surface area contributed by atoms with Crippen LogP contribution < -0.4 is 4.74 Å². The van der Waals surface area contributed by atoms with Gasteiger partial charge in [0.2, 0.25) is 10.0 Å². The Hall–Kier alpha value is -3.00. The van der Waals surface area contributed by atoms with Crippen LogP contribution in [0.1, 0.15) is 5.69 Å². The second kappa shape index (κ2) is 8.50. The largest absolute Gasteiger partial charge is 0.497 e. The summed E-state index contributed by atoms with van der Waals surface area (Å²) in [4.78, 5) is 7.53. The van der Waals surface area contributed by atoms with Gasteiger partial charge in [0, 0.05) is 43.5 Å². The monoisotopic (exact) mass is 447 g/mol. The highest BCUT2D eigenvalue weighted by Gasteiger charge is 2.28. The maximum Gasteiger partial charge on any atom is 0.243 e. The number of hydrogen-bond donors (Lipinski definition) is 0. The maximum atomic E-state index is 13.0. The lowest BCUT2D eigenvalue weighted by Gasteiger charge is -2.34. The summed E-state index contributed by atoms with van der Waals surface area (Å²) < 4.78 is 32.8. The summed E-state index contributed by atoms with van der Waals surface area (Å²) in [5.74, 6) is 0.642. The van der Waals surface area contributed by atoms with E-state index in [1.807, 2.05) is 24.3 Å². The summed E-state index contributed by atoms with van der Waals surface area (Å²) in [7, 11) is -1.95. The molecule has 0 spiro atoms. The number of methoxy groups -OCH3 is 1. The molecule has 0 aliphatic carbocycles. The Balaban J connectivity index is 1.34. The zero-order chi connectivity index (χ0) is 22.1. The number of benzene rings is 3. The van der Waals surface area contributed by atoms with Crippen molar-refractivity contribution in [3.05, 3.63) is 78.5 Å². The van der Waals surface area contributed by atoms with Crippen LogP contribution in [0.4, 0.5) is 0 Å². The zero-order valence-electron chi connectivity index (χ0n) is 17.9. The molecule has 4 aromatic rings. The van der Waals surface area contributed by atoms with Crippen molar-refractivity contribution >= 4 is 31.7 Å². The smallest absolute Gasteiger partial charge is 0.243 e. The number of hydrogen-bond acceptors (Lipinski definition) is 5. The number of sulfonamides is 1. The zero-order valence-corrected chi connectivity index (χ0v) is 18.8. The lowest BCUT2D eigenvalue weighted by molar-refractivity contribution is 0.180. The van der Waals surface area contributed by atoms with E-state index in [1.165, 1.54) is 5.39 Å². The minimum absolute atomic E-state index is 0.300. The molecule has 0 atom stereocenters. The first-order valence-corrected chi connectivity index (χ1v) is 12.1. The lowest BCUT2D eigenvalue weighted by atomic mass is 10.0. The van der Waals surface area contributed by atoms with Gasteiger partial charge in [0.05, 0.1) is 23.2 Å². The molecule has 3 aromatic carbocycles. The fourth-order valence-corrected chi connectivity index (χ4v) is 5.75. The van der Waals surface area contributed by atoms with Crippen molar-refractivity contribution in [2.24, 2.45) is 0 Å². The van der Waals surface area contributed by atoms with Gasteiger partial charge in [0.1, 0.15) is 5.75 Å². The second-order valence-corrected chi connectivity index (χ2v) is 9.91. The first-order chi connectivity index (χ1) is 15.6. The Morgan fingerprint density at radius 2 is 1.44 bits per heavy atom. The summed E-state index contributed by atoms with van der Waals surface area (Å²) in [6.45, 7) is 2.94. The number of rotatable bonds is 5. The molecule has 1 aliphatic rings. The third-order valence-corrected chi connectivity index (χ3v) is 8.00. The molecule has 1 saturated heterocycles. The van der Waals surface area contributed by atoms with E-state index in [0.29, 0.717) is 43.4 Å². The van der Waals surface area contributed by atoms with Crippen molar-refractivity contribution in [2.75, 3.05) is 33.3 Å². The molecular weight excluding hydrogens is 422 g/mol. The molecule has 0 radical (unpaired) electrons. The van der Waals surface area contributed by atoms with Gasteiger partial charge in [-0.25, -0.2) is 8.42 Å².